The second-order valence-electron chi connectivity index (χ2n) is 7.30. The summed E-state index contributed by atoms with van der Waals surface area (Å²) in [6.07, 6.45) is 1.67. The predicted molar refractivity (Wildman–Crippen MR) is 133 cm³/mol. The van der Waals surface area contributed by atoms with Gasteiger partial charge in [-0.3, -0.25) is 14.5 Å². The van der Waals surface area contributed by atoms with Gasteiger partial charge in [-0.2, -0.15) is 0 Å². The third-order valence-corrected chi connectivity index (χ3v) is 6.22. The molecule has 4 rings (SSSR count). The number of hydrogen-bond donors (Lipinski definition) is 0. The number of ether oxygens (including phenoxy) is 3. The van der Waals surface area contributed by atoms with Crippen molar-refractivity contribution in [3.63, 3.8) is 0 Å². The summed E-state index contributed by atoms with van der Waals surface area (Å²) in [6, 6.07) is 22.2. The number of carbonyl (C=O) groups excluding carboxylic acids is 2. The van der Waals surface area contributed by atoms with E-state index >= 15 is 0 Å². The Morgan fingerprint density at radius 2 is 1.68 bits per heavy atom. The molecule has 0 aliphatic carbocycles. The number of rotatable bonds is 9. The topological polar surface area (TPSA) is 65.1 Å². The zero-order chi connectivity index (χ0) is 23.9. The third kappa shape index (κ3) is 5.73. The molecule has 3 aromatic rings. The molecule has 0 saturated carbocycles. The molecule has 0 aromatic heterocycles. The van der Waals surface area contributed by atoms with Crippen LogP contribution in [0.3, 0.4) is 0 Å². The van der Waals surface area contributed by atoms with E-state index in [1.54, 1.807) is 49.6 Å². The molecule has 0 bridgehead atoms. The number of methoxy groups -OCH3 is 1. The quantitative estimate of drug-likeness (QED) is 0.337. The molecule has 8 heteroatoms. The Hall–Kier alpha value is -3.42. The lowest BCUT2D eigenvalue weighted by Crippen LogP contribution is -2.32. The molecule has 1 saturated heterocycles. The van der Waals surface area contributed by atoms with Crippen LogP contribution in [-0.2, 0) is 11.4 Å². The molecule has 6 nitrogen and oxygen atoms in total. The summed E-state index contributed by atoms with van der Waals surface area (Å²) in [7, 11) is 1.56. The minimum Gasteiger partial charge on any atom is -0.493 e. The van der Waals surface area contributed by atoms with Crippen LogP contribution < -0.4 is 14.2 Å². The van der Waals surface area contributed by atoms with Gasteiger partial charge in [-0.25, -0.2) is 0 Å². The summed E-state index contributed by atoms with van der Waals surface area (Å²) < 4.78 is 17.0. The molecule has 0 unspecified atom stereocenters. The molecular weight excluding hydrogens is 474 g/mol. The molecule has 34 heavy (non-hydrogen) atoms. The van der Waals surface area contributed by atoms with Crippen LogP contribution in [0.5, 0.6) is 17.2 Å². The Bertz CT molecular complexity index is 1210. The molecule has 3 aromatic carbocycles. The molecule has 2 amide bonds. The summed E-state index contributed by atoms with van der Waals surface area (Å²) in [5.41, 5.74) is 1.77. The smallest absolute Gasteiger partial charge is 0.293 e. The number of amides is 2. The number of benzene rings is 3. The van der Waals surface area contributed by atoms with Gasteiger partial charge in [0.15, 0.2) is 11.5 Å². The van der Waals surface area contributed by atoms with E-state index in [0.29, 0.717) is 33.8 Å². The van der Waals surface area contributed by atoms with Crippen molar-refractivity contribution in [2.45, 2.75) is 6.61 Å². The fourth-order valence-electron chi connectivity index (χ4n) is 3.28. The standard InChI is InChI=1S/C26H22ClNO5S/c1-31-23-15-19(11-12-22(23)33-17-18-7-3-2-4-8-18)16-24-25(29)28(26(30)34-24)13-14-32-21-10-6-5-9-20(21)27/h2-12,15-16H,13-14,17H2,1H3/b24-16-. The first-order valence-electron chi connectivity index (χ1n) is 10.5. The second-order valence-corrected chi connectivity index (χ2v) is 8.70. The molecule has 0 N–H and O–H groups in total. The minimum atomic E-state index is -0.360. The maximum atomic E-state index is 12.8. The van der Waals surface area contributed by atoms with Crippen molar-refractivity contribution in [2.75, 3.05) is 20.3 Å². The van der Waals surface area contributed by atoms with Gasteiger partial charge in [-0.05, 0) is 53.2 Å². The van der Waals surface area contributed by atoms with Crippen LogP contribution in [0, 0.1) is 0 Å². The molecule has 1 heterocycles. The summed E-state index contributed by atoms with van der Waals surface area (Å²) in [4.78, 5) is 26.7. The molecule has 0 atom stereocenters. The van der Waals surface area contributed by atoms with Gasteiger partial charge in [-0.15, -0.1) is 0 Å². The lowest BCUT2D eigenvalue weighted by molar-refractivity contribution is -0.123. The van der Waals surface area contributed by atoms with Gasteiger partial charge >= 0.3 is 0 Å². The van der Waals surface area contributed by atoms with Crippen LogP contribution in [0.4, 0.5) is 4.79 Å². The molecular formula is C26H22ClNO5S. The number of nitrogens with zero attached hydrogens (tertiary/aromatic N) is 1. The largest absolute Gasteiger partial charge is 0.493 e. The number of hydrogen-bond acceptors (Lipinski definition) is 6. The van der Waals surface area contributed by atoms with E-state index in [9.17, 15) is 9.59 Å². The van der Waals surface area contributed by atoms with Crippen molar-refractivity contribution < 1.29 is 23.8 Å². The van der Waals surface area contributed by atoms with Crippen LogP contribution in [0.25, 0.3) is 6.08 Å². The van der Waals surface area contributed by atoms with E-state index in [-0.39, 0.29) is 24.3 Å². The fraction of sp³-hybridized carbons (Fsp3) is 0.154. The van der Waals surface area contributed by atoms with Crippen molar-refractivity contribution in [2.24, 2.45) is 0 Å². The highest BCUT2D eigenvalue weighted by Crippen LogP contribution is 2.35. The van der Waals surface area contributed by atoms with Gasteiger partial charge in [0, 0.05) is 0 Å². The van der Waals surface area contributed by atoms with Crippen LogP contribution in [0.15, 0.2) is 77.7 Å². The average molecular weight is 496 g/mol. The van der Waals surface area contributed by atoms with Crippen LogP contribution >= 0.6 is 23.4 Å². The lowest BCUT2D eigenvalue weighted by Gasteiger charge is -2.14. The summed E-state index contributed by atoms with van der Waals surface area (Å²) in [6.45, 7) is 0.685. The van der Waals surface area contributed by atoms with E-state index in [2.05, 4.69) is 0 Å². The predicted octanol–water partition coefficient (Wildman–Crippen LogP) is 6.04. The first-order chi connectivity index (χ1) is 16.5. The van der Waals surface area contributed by atoms with Crippen molar-refractivity contribution in [1.29, 1.82) is 0 Å². The number of imide groups is 1. The Morgan fingerprint density at radius 3 is 2.44 bits per heavy atom. The van der Waals surface area contributed by atoms with Gasteiger partial charge < -0.3 is 14.2 Å². The Labute approximate surface area is 207 Å². The van der Waals surface area contributed by atoms with Crippen molar-refractivity contribution >= 4 is 40.6 Å². The van der Waals surface area contributed by atoms with E-state index < -0.39 is 0 Å². The zero-order valence-corrected chi connectivity index (χ0v) is 20.0. The molecule has 1 aliphatic heterocycles. The lowest BCUT2D eigenvalue weighted by atomic mass is 10.1. The fourth-order valence-corrected chi connectivity index (χ4v) is 4.34. The Balaban J connectivity index is 1.40. The average Bonchev–Trinajstić information content (AvgIpc) is 3.12. The van der Waals surface area contributed by atoms with Crippen molar-refractivity contribution in [1.82, 2.24) is 4.90 Å². The normalized spacial score (nSPS) is 14.5. The van der Waals surface area contributed by atoms with Crippen molar-refractivity contribution in [3.05, 3.63) is 93.9 Å². The first-order valence-corrected chi connectivity index (χ1v) is 11.7. The van der Waals surface area contributed by atoms with Gasteiger partial charge in [0.2, 0.25) is 0 Å². The SMILES string of the molecule is COc1cc(/C=C2\SC(=O)N(CCOc3ccccc3Cl)C2=O)ccc1OCc1ccccc1. The highest BCUT2D eigenvalue weighted by Gasteiger charge is 2.34. The highest BCUT2D eigenvalue weighted by molar-refractivity contribution is 8.18. The van der Waals surface area contributed by atoms with Gasteiger partial charge in [0.05, 0.1) is 23.6 Å². The van der Waals surface area contributed by atoms with Crippen molar-refractivity contribution in [3.8, 4) is 17.2 Å². The van der Waals surface area contributed by atoms with Gasteiger partial charge in [-0.1, -0.05) is 60.1 Å². The van der Waals surface area contributed by atoms with E-state index in [1.165, 1.54) is 4.90 Å². The number of halogens is 1. The third-order valence-electron chi connectivity index (χ3n) is 5.01. The minimum absolute atomic E-state index is 0.128. The Kier molecular flexibility index (Phi) is 7.77. The summed E-state index contributed by atoms with van der Waals surface area (Å²) in [5, 5.41) is 0.135. The van der Waals surface area contributed by atoms with E-state index in [1.807, 2.05) is 36.4 Å². The summed E-state index contributed by atoms with van der Waals surface area (Å²) in [5.74, 6) is 1.28. The molecule has 0 radical (unpaired) electrons. The molecule has 174 valence electrons. The maximum Gasteiger partial charge on any atom is 0.293 e. The number of thioether (sulfide) groups is 1. The number of carbonyl (C=O) groups is 2. The van der Waals surface area contributed by atoms with Crippen LogP contribution in [0.2, 0.25) is 5.02 Å². The van der Waals surface area contributed by atoms with Gasteiger partial charge in [0.25, 0.3) is 11.1 Å². The second kappa shape index (κ2) is 11.1. The van der Waals surface area contributed by atoms with Crippen LogP contribution in [-0.4, -0.2) is 36.3 Å². The van der Waals surface area contributed by atoms with Crippen LogP contribution in [0.1, 0.15) is 11.1 Å². The molecule has 1 aliphatic rings. The zero-order valence-electron chi connectivity index (χ0n) is 18.4. The number of para-hydroxylation sites is 1. The maximum absolute atomic E-state index is 12.8. The Morgan fingerprint density at radius 1 is 0.912 bits per heavy atom. The summed E-state index contributed by atoms with van der Waals surface area (Å²) >= 11 is 6.97. The van der Waals surface area contributed by atoms with Gasteiger partial charge in [0.1, 0.15) is 19.0 Å². The first kappa shape index (κ1) is 23.7. The van der Waals surface area contributed by atoms with E-state index in [4.69, 9.17) is 25.8 Å². The highest BCUT2D eigenvalue weighted by atomic mass is 35.5. The molecule has 0 spiro atoms. The van der Waals surface area contributed by atoms with E-state index in [0.717, 1.165) is 22.9 Å². The monoisotopic (exact) mass is 495 g/mol. The molecule has 1 fully saturated rings.